The summed E-state index contributed by atoms with van der Waals surface area (Å²) in [6, 6.07) is 9.32. The highest BCUT2D eigenvalue weighted by atomic mass is 127. The predicted molar refractivity (Wildman–Crippen MR) is 118 cm³/mol. The highest BCUT2D eigenvalue weighted by molar-refractivity contribution is 14.0. The van der Waals surface area contributed by atoms with E-state index in [0.717, 1.165) is 5.56 Å². The summed E-state index contributed by atoms with van der Waals surface area (Å²) in [7, 11) is 3.40. The average Bonchev–Trinajstić information content (AvgIpc) is 2.66. The molecule has 1 heterocycles. The molecule has 0 unspecified atom stereocenters. The maximum Gasteiger partial charge on any atom is 0.241 e. The van der Waals surface area contributed by atoms with Gasteiger partial charge in [-0.3, -0.25) is 4.79 Å². The number of carbonyl (C=O) groups excluding carboxylic acids is 1. The van der Waals surface area contributed by atoms with E-state index in [-0.39, 0.29) is 42.2 Å². The molecule has 1 amide bonds. The van der Waals surface area contributed by atoms with Crippen LogP contribution < -0.4 is 15.4 Å². The lowest BCUT2D eigenvalue weighted by molar-refractivity contribution is -0.127. The minimum atomic E-state index is -0.324. The normalized spacial score (nSPS) is 10.6. The van der Waals surface area contributed by atoms with E-state index >= 15 is 0 Å². The number of halogens is 2. The molecule has 2 rings (SSSR count). The molecule has 152 valence electrons. The van der Waals surface area contributed by atoms with Gasteiger partial charge in [0.05, 0.1) is 13.1 Å². The molecule has 0 saturated heterocycles. The van der Waals surface area contributed by atoms with E-state index in [1.807, 2.05) is 13.0 Å². The predicted octanol–water partition coefficient (Wildman–Crippen LogP) is 2.77. The van der Waals surface area contributed by atoms with E-state index in [0.29, 0.717) is 30.7 Å². The second kappa shape index (κ2) is 12.1. The van der Waals surface area contributed by atoms with Crippen LogP contribution in [0.2, 0.25) is 0 Å². The molecule has 9 heteroatoms. The number of rotatable bonds is 7. The van der Waals surface area contributed by atoms with Crippen molar-refractivity contribution in [3.63, 3.8) is 0 Å². The van der Waals surface area contributed by atoms with Crippen molar-refractivity contribution in [2.24, 2.45) is 4.99 Å². The van der Waals surface area contributed by atoms with Gasteiger partial charge in [-0.1, -0.05) is 0 Å². The molecule has 0 radical (unpaired) electrons. The highest BCUT2D eigenvalue weighted by Crippen LogP contribution is 2.20. The lowest BCUT2D eigenvalue weighted by atomic mass is 10.2. The summed E-state index contributed by atoms with van der Waals surface area (Å²) in [5.74, 6) is 1.08. The van der Waals surface area contributed by atoms with Crippen molar-refractivity contribution >= 4 is 35.8 Å². The Morgan fingerprint density at radius 1 is 1.21 bits per heavy atom. The quantitative estimate of drug-likeness (QED) is 0.347. The van der Waals surface area contributed by atoms with E-state index < -0.39 is 0 Å². The fourth-order valence-electron chi connectivity index (χ4n) is 2.06. The Balaban J connectivity index is 0.00000392. The molecule has 0 aliphatic heterocycles. The van der Waals surface area contributed by atoms with Crippen LogP contribution in [0.25, 0.3) is 0 Å². The summed E-state index contributed by atoms with van der Waals surface area (Å²) in [6.07, 6.45) is 1.62. The average molecular weight is 501 g/mol. The summed E-state index contributed by atoms with van der Waals surface area (Å²) in [4.78, 5) is 21.8. The Morgan fingerprint density at radius 2 is 1.93 bits per heavy atom. The second-order valence-corrected chi connectivity index (χ2v) is 5.90. The molecule has 0 fully saturated rings. The van der Waals surface area contributed by atoms with Crippen molar-refractivity contribution in [1.29, 1.82) is 0 Å². The maximum atomic E-state index is 13.0. The lowest BCUT2D eigenvalue weighted by Gasteiger charge is -2.14. The van der Waals surface area contributed by atoms with Crippen molar-refractivity contribution in [2.45, 2.75) is 13.5 Å². The van der Waals surface area contributed by atoms with Gasteiger partial charge in [-0.2, -0.15) is 0 Å². The van der Waals surface area contributed by atoms with Gasteiger partial charge in [0.25, 0.3) is 0 Å². The number of nitrogens with zero attached hydrogens (tertiary/aromatic N) is 3. The number of nitrogens with one attached hydrogen (secondary N) is 2. The van der Waals surface area contributed by atoms with E-state index in [4.69, 9.17) is 4.74 Å². The van der Waals surface area contributed by atoms with Crippen LogP contribution in [0.3, 0.4) is 0 Å². The largest absolute Gasteiger partial charge is 0.439 e. The molecule has 0 bridgehead atoms. The minimum Gasteiger partial charge on any atom is -0.439 e. The first kappa shape index (κ1) is 23.6. The number of ether oxygens (including phenoxy) is 1. The third kappa shape index (κ3) is 8.07. The summed E-state index contributed by atoms with van der Waals surface area (Å²) < 4.78 is 18.6. The van der Waals surface area contributed by atoms with E-state index in [2.05, 4.69) is 20.6 Å². The third-order valence-corrected chi connectivity index (χ3v) is 3.51. The van der Waals surface area contributed by atoms with Crippen LogP contribution in [-0.4, -0.2) is 48.9 Å². The van der Waals surface area contributed by atoms with Crippen LogP contribution in [-0.2, 0) is 11.3 Å². The maximum absolute atomic E-state index is 13.0. The van der Waals surface area contributed by atoms with Crippen LogP contribution in [0.5, 0.6) is 11.6 Å². The van der Waals surface area contributed by atoms with Gasteiger partial charge in [-0.15, -0.1) is 24.0 Å². The van der Waals surface area contributed by atoms with Gasteiger partial charge in [0.2, 0.25) is 11.8 Å². The van der Waals surface area contributed by atoms with Crippen molar-refractivity contribution in [3.8, 4) is 11.6 Å². The number of likely N-dealkylation sites (N-methyl/N-ethyl adjacent to an activating group) is 1. The number of benzene rings is 1. The summed E-state index contributed by atoms with van der Waals surface area (Å²) in [6.45, 7) is 3.17. The molecule has 28 heavy (non-hydrogen) atoms. The van der Waals surface area contributed by atoms with Crippen LogP contribution in [0.15, 0.2) is 47.6 Å². The van der Waals surface area contributed by atoms with Gasteiger partial charge in [0, 0.05) is 32.9 Å². The van der Waals surface area contributed by atoms with Crippen molar-refractivity contribution in [3.05, 3.63) is 54.0 Å². The topological polar surface area (TPSA) is 78.9 Å². The SMILES string of the molecule is CCNC(=NCc1ccnc(Oc2ccc(F)cc2)c1)NCC(=O)N(C)C.I. The van der Waals surface area contributed by atoms with E-state index in [1.54, 1.807) is 26.4 Å². The summed E-state index contributed by atoms with van der Waals surface area (Å²) in [5.41, 5.74) is 0.887. The zero-order valence-electron chi connectivity index (χ0n) is 16.1. The molecule has 7 nitrogen and oxygen atoms in total. The number of pyridine rings is 1. The first-order chi connectivity index (χ1) is 13.0. The summed E-state index contributed by atoms with van der Waals surface area (Å²) >= 11 is 0. The Kier molecular flexibility index (Phi) is 10.2. The van der Waals surface area contributed by atoms with E-state index in [9.17, 15) is 9.18 Å². The highest BCUT2D eigenvalue weighted by Gasteiger charge is 2.06. The molecular formula is C19H25FIN5O2. The van der Waals surface area contributed by atoms with Crippen molar-refractivity contribution in [2.75, 3.05) is 27.2 Å². The number of aromatic nitrogens is 1. The number of aliphatic imine (C=N–C) groups is 1. The third-order valence-electron chi connectivity index (χ3n) is 3.51. The zero-order chi connectivity index (χ0) is 19.6. The Hall–Kier alpha value is -2.43. The van der Waals surface area contributed by atoms with Crippen molar-refractivity contribution in [1.82, 2.24) is 20.5 Å². The number of carbonyl (C=O) groups is 1. The van der Waals surface area contributed by atoms with Gasteiger partial charge in [-0.05, 0) is 42.8 Å². The van der Waals surface area contributed by atoms with Gasteiger partial charge in [0.15, 0.2) is 5.96 Å². The molecule has 0 atom stereocenters. The monoisotopic (exact) mass is 501 g/mol. The number of amides is 1. The number of hydrogen-bond donors (Lipinski definition) is 2. The molecule has 0 aliphatic rings. The number of guanidine groups is 1. The van der Waals surface area contributed by atoms with Crippen LogP contribution in [0.4, 0.5) is 4.39 Å². The fraction of sp³-hybridized carbons (Fsp3) is 0.316. The Morgan fingerprint density at radius 3 is 2.57 bits per heavy atom. The van der Waals surface area contributed by atoms with Gasteiger partial charge >= 0.3 is 0 Å². The van der Waals surface area contributed by atoms with Gasteiger partial charge in [-0.25, -0.2) is 14.4 Å². The van der Waals surface area contributed by atoms with Gasteiger partial charge in [0.1, 0.15) is 11.6 Å². The molecule has 2 N–H and O–H groups in total. The van der Waals surface area contributed by atoms with Gasteiger partial charge < -0.3 is 20.3 Å². The molecule has 0 aliphatic carbocycles. The van der Waals surface area contributed by atoms with Crippen LogP contribution >= 0.6 is 24.0 Å². The first-order valence-corrected chi connectivity index (χ1v) is 8.58. The zero-order valence-corrected chi connectivity index (χ0v) is 18.4. The van der Waals surface area contributed by atoms with Crippen molar-refractivity contribution < 1.29 is 13.9 Å². The second-order valence-electron chi connectivity index (χ2n) is 5.90. The first-order valence-electron chi connectivity index (χ1n) is 8.58. The minimum absolute atomic E-state index is 0. The molecular weight excluding hydrogens is 476 g/mol. The number of hydrogen-bond acceptors (Lipinski definition) is 4. The fourth-order valence-corrected chi connectivity index (χ4v) is 2.06. The Labute approximate surface area is 181 Å². The molecule has 0 spiro atoms. The molecule has 2 aromatic rings. The van der Waals surface area contributed by atoms with E-state index in [1.165, 1.54) is 29.2 Å². The Bertz CT molecular complexity index is 784. The molecule has 1 aromatic carbocycles. The lowest BCUT2D eigenvalue weighted by Crippen LogP contribution is -2.42. The summed E-state index contributed by atoms with van der Waals surface area (Å²) in [5, 5.41) is 6.09. The van der Waals surface area contributed by atoms with Crippen LogP contribution in [0.1, 0.15) is 12.5 Å². The molecule has 0 saturated carbocycles. The molecule has 1 aromatic heterocycles. The smallest absolute Gasteiger partial charge is 0.241 e. The standard InChI is InChI=1S/C19H24FN5O2.HI/c1-4-21-19(24-13-18(26)25(2)3)23-12-14-9-10-22-17(11-14)27-16-7-5-15(20)6-8-16;/h5-11H,4,12-13H2,1-3H3,(H2,21,23,24);1H. The van der Waals surface area contributed by atoms with Crippen LogP contribution in [0, 0.1) is 5.82 Å².